The minimum absolute atomic E-state index is 0.0850. The molecule has 5 heteroatoms. The van der Waals surface area contributed by atoms with Gasteiger partial charge in [0.05, 0.1) is 26.0 Å². The van der Waals surface area contributed by atoms with E-state index in [-0.39, 0.29) is 6.61 Å². The molecule has 1 aromatic rings. The van der Waals surface area contributed by atoms with Crippen LogP contribution in [0.2, 0.25) is 0 Å². The molecule has 15 heavy (non-hydrogen) atoms. The van der Waals surface area contributed by atoms with Gasteiger partial charge < -0.3 is 15.2 Å². The smallest absolute Gasteiger partial charge is 0.0698 e. The fourth-order valence-electron chi connectivity index (χ4n) is 1.25. The normalized spacial score (nSPS) is 10.9. The van der Waals surface area contributed by atoms with Gasteiger partial charge in [-0.2, -0.15) is 5.10 Å². The Balaban J connectivity index is 2.12. The highest BCUT2D eigenvalue weighted by molar-refractivity contribution is 5.15. The second-order valence-corrected chi connectivity index (χ2v) is 3.39. The van der Waals surface area contributed by atoms with Gasteiger partial charge in [0.25, 0.3) is 0 Å². The maximum absolute atomic E-state index is 8.48. The van der Waals surface area contributed by atoms with Crippen LogP contribution in [0, 0.1) is 6.92 Å². The van der Waals surface area contributed by atoms with Crippen LogP contribution in [0.25, 0.3) is 0 Å². The predicted molar refractivity (Wildman–Crippen MR) is 57.6 cm³/mol. The summed E-state index contributed by atoms with van der Waals surface area (Å²) in [6.07, 6.45) is 1.87. The largest absolute Gasteiger partial charge is 0.394 e. The first kappa shape index (κ1) is 12.2. The molecule has 86 valence electrons. The van der Waals surface area contributed by atoms with Gasteiger partial charge in [-0.05, 0) is 6.92 Å². The number of aryl methyl sites for hydroxylation is 1. The topological polar surface area (TPSA) is 59.3 Å². The van der Waals surface area contributed by atoms with Crippen LogP contribution in [0.4, 0.5) is 0 Å². The minimum Gasteiger partial charge on any atom is -0.394 e. The number of aliphatic hydroxyl groups is 1. The standard InChI is InChI=1S/C10H19N3O2/c1-9-10(8-12-13(9)2)7-11-3-5-15-6-4-14/h8,11,14H,3-7H2,1-2H3. The molecule has 0 bridgehead atoms. The lowest BCUT2D eigenvalue weighted by Crippen LogP contribution is -2.20. The van der Waals surface area contributed by atoms with Crippen molar-refractivity contribution in [3.8, 4) is 0 Å². The van der Waals surface area contributed by atoms with Crippen LogP contribution in [-0.4, -0.2) is 41.3 Å². The first-order valence-electron chi connectivity index (χ1n) is 5.12. The number of aromatic nitrogens is 2. The highest BCUT2D eigenvalue weighted by Gasteiger charge is 2.01. The molecule has 0 aromatic carbocycles. The number of nitrogens with zero attached hydrogens (tertiary/aromatic N) is 2. The van der Waals surface area contributed by atoms with Crippen LogP contribution in [-0.2, 0) is 18.3 Å². The first-order chi connectivity index (χ1) is 7.25. The van der Waals surface area contributed by atoms with Crippen LogP contribution in [0.5, 0.6) is 0 Å². The van der Waals surface area contributed by atoms with Crippen molar-refractivity contribution < 1.29 is 9.84 Å². The maximum Gasteiger partial charge on any atom is 0.0698 e. The Kier molecular flexibility index (Phi) is 5.31. The molecule has 1 heterocycles. The zero-order chi connectivity index (χ0) is 11.1. The molecule has 2 N–H and O–H groups in total. The Morgan fingerprint density at radius 1 is 1.53 bits per heavy atom. The van der Waals surface area contributed by atoms with Crippen LogP contribution >= 0.6 is 0 Å². The van der Waals surface area contributed by atoms with Gasteiger partial charge in [0.1, 0.15) is 0 Å². The van der Waals surface area contributed by atoms with Crippen LogP contribution < -0.4 is 5.32 Å². The first-order valence-corrected chi connectivity index (χ1v) is 5.12. The van der Waals surface area contributed by atoms with Crippen molar-refractivity contribution >= 4 is 0 Å². The summed E-state index contributed by atoms with van der Waals surface area (Å²) in [7, 11) is 1.93. The third-order valence-corrected chi connectivity index (χ3v) is 2.31. The Bertz CT molecular complexity index is 286. The molecule has 1 aromatic heterocycles. The summed E-state index contributed by atoms with van der Waals surface area (Å²) in [5.41, 5.74) is 2.39. The van der Waals surface area contributed by atoms with E-state index in [1.807, 2.05) is 24.9 Å². The zero-order valence-electron chi connectivity index (χ0n) is 9.36. The quantitative estimate of drug-likeness (QED) is 0.617. The van der Waals surface area contributed by atoms with Crippen LogP contribution in [0.15, 0.2) is 6.20 Å². The van der Waals surface area contributed by atoms with Gasteiger partial charge >= 0.3 is 0 Å². The summed E-state index contributed by atoms with van der Waals surface area (Å²) in [6.45, 7) is 4.76. The van der Waals surface area contributed by atoms with E-state index in [1.54, 1.807) is 0 Å². The third kappa shape index (κ3) is 3.99. The predicted octanol–water partition coefficient (Wildman–Crippen LogP) is -0.173. The van der Waals surface area contributed by atoms with E-state index in [9.17, 15) is 0 Å². The van der Waals surface area contributed by atoms with E-state index < -0.39 is 0 Å². The molecule has 0 aliphatic carbocycles. The lowest BCUT2D eigenvalue weighted by atomic mass is 10.2. The highest BCUT2D eigenvalue weighted by Crippen LogP contribution is 2.04. The number of aliphatic hydroxyl groups excluding tert-OH is 1. The van der Waals surface area contributed by atoms with Gasteiger partial charge in [0, 0.05) is 31.4 Å². The number of ether oxygens (including phenoxy) is 1. The Morgan fingerprint density at radius 3 is 2.93 bits per heavy atom. The van der Waals surface area contributed by atoms with E-state index in [2.05, 4.69) is 10.4 Å². The molecule has 0 aliphatic rings. The molecule has 0 radical (unpaired) electrons. The molecule has 0 spiro atoms. The average Bonchev–Trinajstić information content (AvgIpc) is 2.54. The Labute approximate surface area is 90.1 Å². The van der Waals surface area contributed by atoms with Gasteiger partial charge in [-0.25, -0.2) is 0 Å². The Morgan fingerprint density at radius 2 is 2.33 bits per heavy atom. The second-order valence-electron chi connectivity index (χ2n) is 3.39. The molecule has 0 aliphatic heterocycles. The number of hydrogen-bond donors (Lipinski definition) is 2. The maximum atomic E-state index is 8.48. The van der Waals surface area contributed by atoms with Crippen molar-refractivity contribution in [3.63, 3.8) is 0 Å². The lowest BCUT2D eigenvalue weighted by Gasteiger charge is -2.04. The van der Waals surface area contributed by atoms with Gasteiger partial charge in [-0.1, -0.05) is 0 Å². The molecule has 0 unspecified atom stereocenters. The summed E-state index contributed by atoms with van der Waals surface area (Å²) in [5.74, 6) is 0. The lowest BCUT2D eigenvalue weighted by molar-refractivity contribution is 0.0938. The Hall–Kier alpha value is -0.910. The molecule has 0 saturated carbocycles. The van der Waals surface area contributed by atoms with Crippen molar-refractivity contribution in [2.75, 3.05) is 26.4 Å². The minimum atomic E-state index is 0.0850. The van der Waals surface area contributed by atoms with E-state index >= 15 is 0 Å². The van der Waals surface area contributed by atoms with Crippen molar-refractivity contribution in [1.29, 1.82) is 0 Å². The summed E-state index contributed by atoms with van der Waals surface area (Å²) in [6, 6.07) is 0. The third-order valence-electron chi connectivity index (χ3n) is 2.31. The summed E-state index contributed by atoms with van der Waals surface area (Å²) >= 11 is 0. The van der Waals surface area contributed by atoms with E-state index in [0.717, 1.165) is 13.1 Å². The van der Waals surface area contributed by atoms with Crippen molar-refractivity contribution in [2.45, 2.75) is 13.5 Å². The number of nitrogens with one attached hydrogen (secondary N) is 1. The van der Waals surface area contributed by atoms with E-state index in [0.29, 0.717) is 13.2 Å². The van der Waals surface area contributed by atoms with Crippen LogP contribution in [0.3, 0.4) is 0 Å². The van der Waals surface area contributed by atoms with Gasteiger partial charge in [-0.3, -0.25) is 4.68 Å². The summed E-state index contributed by atoms with van der Waals surface area (Å²) in [4.78, 5) is 0. The number of rotatable bonds is 7. The monoisotopic (exact) mass is 213 g/mol. The average molecular weight is 213 g/mol. The highest BCUT2D eigenvalue weighted by atomic mass is 16.5. The molecule has 1 rings (SSSR count). The molecular weight excluding hydrogens is 194 g/mol. The van der Waals surface area contributed by atoms with Gasteiger partial charge in [0.2, 0.25) is 0 Å². The van der Waals surface area contributed by atoms with Crippen molar-refractivity contribution in [2.24, 2.45) is 7.05 Å². The van der Waals surface area contributed by atoms with Crippen molar-refractivity contribution in [1.82, 2.24) is 15.1 Å². The molecule has 0 saturated heterocycles. The zero-order valence-corrected chi connectivity index (χ0v) is 9.36. The molecule has 0 amide bonds. The molecule has 0 fully saturated rings. The van der Waals surface area contributed by atoms with Crippen molar-refractivity contribution in [3.05, 3.63) is 17.5 Å². The van der Waals surface area contributed by atoms with E-state index in [1.165, 1.54) is 11.3 Å². The second kappa shape index (κ2) is 6.55. The molecular formula is C10H19N3O2. The molecule has 5 nitrogen and oxygen atoms in total. The van der Waals surface area contributed by atoms with Crippen LogP contribution in [0.1, 0.15) is 11.3 Å². The van der Waals surface area contributed by atoms with Gasteiger partial charge in [-0.15, -0.1) is 0 Å². The van der Waals surface area contributed by atoms with E-state index in [4.69, 9.17) is 9.84 Å². The fraction of sp³-hybridized carbons (Fsp3) is 0.700. The van der Waals surface area contributed by atoms with Gasteiger partial charge in [0.15, 0.2) is 0 Å². The number of hydrogen-bond acceptors (Lipinski definition) is 4. The fourth-order valence-corrected chi connectivity index (χ4v) is 1.25. The summed E-state index contributed by atoms with van der Waals surface area (Å²) in [5, 5.41) is 15.9. The molecule has 0 atom stereocenters. The SMILES string of the molecule is Cc1c(CNCCOCCO)cnn1C. The summed E-state index contributed by atoms with van der Waals surface area (Å²) < 4.78 is 6.98.